The van der Waals surface area contributed by atoms with Crippen molar-refractivity contribution >= 4 is 5.78 Å². The summed E-state index contributed by atoms with van der Waals surface area (Å²) in [4.78, 5) is 14.8. The first-order valence-electron chi connectivity index (χ1n) is 6.02. The molecule has 0 radical (unpaired) electrons. The van der Waals surface area contributed by atoms with Gasteiger partial charge in [0, 0.05) is 25.0 Å². The van der Waals surface area contributed by atoms with Gasteiger partial charge in [0.25, 0.3) is 0 Å². The van der Waals surface area contributed by atoms with E-state index in [1.54, 1.807) is 0 Å². The summed E-state index contributed by atoms with van der Waals surface area (Å²) in [6, 6.07) is 0. The van der Waals surface area contributed by atoms with Gasteiger partial charge in [0.05, 0.1) is 0 Å². The van der Waals surface area contributed by atoms with E-state index in [4.69, 9.17) is 0 Å². The van der Waals surface area contributed by atoms with E-state index < -0.39 is 0 Å². The van der Waals surface area contributed by atoms with Crippen molar-refractivity contribution in [2.24, 2.45) is 17.3 Å². The van der Waals surface area contributed by atoms with Crippen LogP contribution in [0.1, 0.15) is 26.2 Å². The highest BCUT2D eigenvalue weighted by molar-refractivity contribution is 5.99. The van der Waals surface area contributed by atoms with Crippen LogP contribution in [-0.2, 0) is 4.79 Å². The van der Waals surface area contributed by atoms with Gasteiger partial charge in [-0.15, -0.1) is 0 Å². The Balaban J connectivity index is 1.93. The maximum absolute atomic E-state index is 12.3. The summed E-state index contributed by atoms with van der Waals surface area (Å²) in [7, 11) is 0. The number of rotatable bonds is 2. The molecule has 4 rings (SSSR count). The molecule has 1 aliphatic carbocycles. The van der Waals surface area contributed by atoms with Gasteiger partial charge in [0.1, 0.15) is 0 Å². The molecule has 0 amide bonds. The zero-order valence-electron chi connectivity index (χ0n) is 9.46. The first-order chi connectivity index (χ1) is 7.09. The van der Waals surface area contributed by atoms with Crippen molar-refractivity contribution in [2.75, 3.05) is 19.6 Å². The van der Waals surface area contributed by atoms with Crippen LogP contribution in [-0.4, -0.2) is 30.3 Å². The average Bonchev–Trinajstić information content (AvgIpc) is 2.14. The Hall–Kier alpha value is -0.630. The zero-order valence-corrected chi connectivity index (χ0v) is 9.46. The Kier molecular flexibility index (Phi) is 1.88. The summed E-state index contributed by atoms with van der Waals surface area (Å²) in [6.07, 6.45) is 3.62. The molecule has 0 aromatic carbocycles. The molecule has 0 aromatic rings. The number of carbonyl (C=O) groups is 1. The Morgan fingerprint density at radius 2 is 1.93 bits per heavy atom. The number of Topliss-reactive ketones (excluding diaryl/α,β-unsaturated/α-hetero) is 1. The molecule has 4 aliphatic rings. The van der Waals surface area contributed by atoms with Crippen LogP contribution in [0.2, 0.25) is 0 Å². The fourth-order valence-electron chi connectivity index (χ4n) is 4.31. The van der Waals surface area contributed by atoms with Gasteiger partial charge in [-0.05, 0) is 43.6 Å². The average molecular weight is 205 g/mol. The van der Waals surface area contributed by atoms with Crippen molar-refractivity contribution in [2.45, 2.75) is 26.2 Å². The smallest absolute Gasteiger partial charge is 0.165 e. The molecule has 4 fully saturated rings. The molecule has 2 atom stereocenters. The highest BCUT2D eigenvalue weighted by Crippen LogP contribution is 2.51. The summed E-state index contributed by atoms with van der Waals surface area (Å²) in [6.45, 7) is 9.20. The number of hydrogen-bond acceptors (Lipinski definition) is 2. The minimum atomic E-state index is -0.0318. The van der Waals surface area contributed by atoms with Crippen LogP contribution < -0.4 is 0 Å². The summed E-state index contributed by atoms with van der Waals surface area (Å²) in [5, 5.41) is 0. The van der Waals surface area contributed by atoms with Crippen molar-refractivity contribution < 1.29 is 4.79 Å². The first kappa shape index (κ1) is 9.59. The third-order valence-corrected chi connectivity index (χ3v) is 4.45. The van der Waals surface area contributed by atoms with Gasteiger partial charge in [-0.25, -0.2) is 0 Å². The highest BCUT2D eigenvalue weighted by Gasteiger charge is 2.53. The van der Waals surface area contributed by atoms with E-state index in [9.17, 15) is 4.79 Å². The van der Waals surface area contributed by atoms with Crippen molar-refractivity contribution in [1.82, 2.24) is 4.90 Å². The molecule has 0 N–H and O–H groups in total. The molecule has 2 heteroatoms. The monoisotopic (exact) mass is 205 g/mol. The van der Waals surface area contributed by atoms with Crippen molar-refractivity contribution in [3.8, 4) is 0 Å². The zero-order chi connectivity index (χ0) is 10.6. The van der Waals surface area contributed by atoms with E-state index in [2.05, 4.69) is 11.5 Å². The third kappa shape index (κ3) is 1.31. The van der Waals surface area contributed by atoms with Crippen molar-refractivity contribution in [1.29, 1.82) is 0 Å². The summed E-state index contributed by atoms with van der Waals surface area (Å²) in [5.41, 5.74) is 0.730. The van der Waals surface area contributed by atoms with Gasteiger partial charge in [-0.1, -0.05) is 6.58 Å². The highest BCUT2D eigenvalue weighted by atomic mass is 16.1. The molecule has 0 spiro atoms. The van der Waals surface area contributed by atoms with E-state index in [0.29, 0.717) is 5.78 Å². The molecule has 4 bridgehead atoms. The van der Waals surface area contributed by atoms with Gasteiger partial charge in [-0.2, -0.15) is 0 Å². The number of piperidine rings is 3. The van der Waals surface area contributed by atoms with Gasteiger partial charge in [0.2, 0.25) is 0 Å². The summed E-state index contributed by atoms with van der Waals surface area (Å²) < 4.78 is 0. The van der Waals surface area contributed by atoms with Gasteiger partial charge in [-0.3, -0.25) is 4.79 Å². The quantitative estimate of drug-likeness (QED) is 0.641. The largest absolute Gasteiger partial charge is 0.302 e. The molecule has 2 nitrogen and oxygen atoms in total. The van der Waals surface area contributed by atoms with E-state index in [1.165, 1.54) is 19.5 Å². The molecule has 2 unspecified atom stereocenters. The fourth-order valence-corrected chi connectivity index (χ4v) is 4.31. The second-order valence-electron chi connectivity index (χ2n) is 5.96. The van der Waals surface area contributed by atoms with Crippen molar-refractivity contribution in [3.63, 3.8) is 0 Å². The van der Waals surface area contributed by atoms with Crippen LogP contribution in [0, 0.1) is 17.3 Å². The van der Waals surface area contributed by atoms with Gasteiger partial charge < -0.3 is 4.90 Å². The molecular weight excluding hydrogens is 186 g/mol. The topological polar surface area (TPSA) is 20.3 Å². The first-order valence-corrected chi connectivity index (χ1v) is 6.02. The molecule has 15 heavy (non-hydrogen) atoms. The number of carbonyl (C=O) groups excluding carboxylic acids is 1. The second kappa shape index (κ2) is 2.94. The number of allylic oxidation sites excluding steroid dienone is 1. The molecule has 1 saturated carbocycles. The van der Waals surface area contributed by atoms with E-state index in [-0.39, 0.29) is 5.41 Å². The fraction of sp³-hybridized carbons (Fsp3) is 0.769. The molecule has 0 aromatic heterocycles. The Morgan fingerprint density at radius 3 is 2.40 bits per heavy atom. The summed E-state index contributed by atoms with van der Waals surface area (Å²) >= 11 is 0. The SMILES string of the molecule is C=C(C)C(=O)C12CC3CC(CN(C3)C1)C2. The lowest BCUT2D eigenvalue weighted by molar-refractivity contribution is -0.143. The second-order valence-corrected chi connectivity index (χ2v) is 5.96. The Morgan fingerprint density at radius 1 is 1.33 bits per heavy atom. The van der Waals surface area contributed by atoms with Crippen LogP contribution in [0.25, 0.3) is 0 Å². The maximum atomic E-state index is 12.3. The standard InChI is InChI=1S/C13H19NO/c1-9(2)12(15)13-4-10-3-11(5-13)7-14(6-10)8-13/h10-11H,1,3-8H2,2H3. The number of ketones is 1. The Bertz CT molecular complexity index is 296. The lowest BCUT2D eigenvalue weighted by atomic mass is 9.57. The van der Waals surface area contributed by atoms with Crippen LogP contribution in [0.4, 0.5) is 0 Å². The molecule has 3 saturated heterocycles. The van der Waals surface area contributed by atoms with E-state index >= 15 is 0 Å². The predicted octanol–water partition coefficient (Wildman–Crippen LogP) is 1.86. The van der Waals surface area contributed by atoms with Crippen LogP contribution in [0.5, 0.6) is 0 Å². The molecule has 3 heterocycles. The van der Waals surface area contributed by atoms with E-state index in [0.717, 1.165) is 36.8 Å². The molecule has 82 valence electrons. The minimum absolute atomic E-state index is 0.0318. The van der Waals surface area contributed by atoms with Gasteiger partial charge >= 0.3 is 0 Å². The molecule has 3 aliphatic heterocycles. The van der Waals surface area contributed by atoms with Gasteiger partial charge in [0.15, 0.2) is 5.78 Å². The van der Waals surface area contributed by atoms with Crippen LogP contribution in [0.3, 0.4) is 0 Å². The Labute approximate surface area is 91.3 Å². The number of hydrogen-bond donors (Lipinski definition) is 0. The molecular formula is C13H19NO. The normalized spacial score (nSPS) is 46.9. The lowest BCUT2D eigenvalue weighted by Gasteiger charge is -2.57. The van der Waals surface area contributed by atoms with Crippen LogP contribution in [0.15, 0.2) is 12.2 Å². The van der Waals surface area contributed by atoms with Crippen LogP contribution >= 0.6 is 0 Å². The van der Waals surface area contributed by atoms with Crippen molar-refractivity contribution in [3.05, 3.63) is 12.2 Å². The maximum Gasteiger partial charge on any atom is 0.165 e. The van der Waals surface area contributed by atoms with E-state index in [1.807, 2.05) is 6.92 Å². The summed E-state index contributed by atoms with van der Waals surface area (Å²) in [5.74, 6) is 1.92. The number of nitrogens with zero attached hydrogens (tertiary/aromatic N) is 1. The third-order valence-electron chi connectivity index (χ3n) is 4.45. The minimum Gasteiger partial charge on any atom is -0.302 e. The predicted molar refractivity (Wildman–Crippen MR) is 59.5 cm³/mol. The lowest BCUT2D eigenvalue weighted by Crippen LogP contribution is -2.61.